The number of pyridine rings is 2. The normalized spacial score (nSPS) is 10.7. The minimum Gasteiger partial charge on any atom is -0.309 e. The van der Waals surface area contributed by atoms with Crippen LogP contribution in [-0.4, -0.2) is 35.6 Å². The van der Waals surface area contributed by atoms with Gasteiger partial charge in [0, 0.05) is 31.1 Å². The Morgan fingerprint density at radius 3 is 2.74 bits per heavy atom. The third-order valence-electron chi connectivity index (χ3n) is 4.38. The molecule has 0 radical (unpaired) electrons. The molecule has 0 saturated carbocycles. The Kier molecular flexibility index (Phi) is 5.83. The van der Waals surface area contributed by atoms with Gasteiger partial charge in [-0.05, 0) is 30.3 Å². The molecule has 0 saturated heterocycles. The lowest BCUT2D eigenvalue weighted by Gasteiger charge is -2.16. The molecule has 10 nitrogen and oxygen atoms in total. The quantitative estimate of drug-likeness (QED) is 0.204. The molecule has 11 heteroatoms. The topological polar surface area (TPSA) is 128 Å². The van der Waals surface area contributed by atoms with E-state index in [-0.39, 0.29) is 18.1 Å². The number of amides is 1. The van der Waals surface area contributed by atoms with Crippen molar-refractivity contribution in [2.24, 2.45) is 12.9 Å². The van der Waals surface area contributed by atoms with Crippen molar-refractivity contribution < 1.29 is 4.79 Å². The summed E-state index contributed by atoms with van der Waals surface area (Å²) in [4.78, 5) is 29.6. The van der Waals surface area contributed by atoms with Gasteiger partial charge in [0.1, 0.15) is 16.8 Å². The van der Waals surface area contributed by atoms with E-state index >= 15 is 0 Å². The van der Waals surface area contributed by atoms with Crippen molar-refractivity contribution in [2.75, 3.05) is 10.3 Å². The van der Waals surface area contributed by atoms with Crippen LogP contribution in [0.1, 0.15) is 5.69 Å². The Labute approximate surface area is 182 Å². The van der Waals surface area contributed by atoms with E-state index in [0.717, 1.165) is 16.4 Å². The van der Waals surface area contributed by atoms with Crippen LogP contribution in [0.2, 0.25) is 5.15 Å². The minimum absolute atomic E-state index is 0.00472. The number of carbonyl (C=O) groups excluding carboxylic acids is 1. The molecule has 31 heavy (non-hydrogen) atoms. The Morgan fingerprint density at radius 2 is 1.97 bits per heavy atom. The Bertz CT molecular complexity index is 1230. The van der Waals surface area contributed by atoms with Crippen molar-refractivity contribution >= 4 is 35.1 Å². The molecule has 0 bridgehead atoms. The van der Waals surface area contributed by atoms with E-state index in [1.54, 1.807) is 59.7 Å². The molecule has 4 aromatic rings. The summed E-state index contributed by atoms with van der Waals surface area (Å²) in [5.74, 6) is 7.08. The van der Waals surface area contributed by atoms with E-state index in [4.69, 9.17) is 17.4 Å². The van der Waals surface area contributed by atoms with E-state index in [9.17, 15) is 4.79 Å². The molecule has 0 aromatic carbocycles. The summed E-state index contributed by atoms with van der Waals surface area (Å²) in [5, 5.41) is 8.51. The summed E-state index contributed by atoms with van der Waals surface area (Å²) >= 11 is 5.88. The Balaban J connectivity index is 1.53. The monoisotopic (exact) mass is 435 g/mol. The van der Waals surface area contributed by atoms with Crippen molar-refractivity contribution in [3.05, 3.63) is 71.9 Å². The zero-order chi connectivity index (χ0) is 21.8. The number of aromatic nitrogens is 6. The van der Waals surface area contributed by atoms with E-state index in [0.29, 0.717) is 22.5 Å². The van der Waals surface area contributed by atoms with Gasteiger partial charge < -0.3 is 5.32 Å². The van der Waals surface area contributed by atoms with Gasteiger partial charge in [-0.15, -0.1) is 0 Å². The van der Waals surface area contributed by atoms with Crippen molar-refractivity contribution in [2.45, 2.75) is 6.42 Å². The van der Waals surface area contributed by atoms with Crippen LogP contribution in [0, 0.1) is 0 Å². The maximum atomic E-state index is 12.6. The number of nitrogens with two attached hydrogens (primary N) is 1. The van der Waals surface area contributed by atoms with Gasteiger partial charge in [-0.3, -0.25) is 9.48 Å². The highest BCUT2D eigenvalue weighted by Crippen LogP contribution is 2.22. The summed E-state index contributed by atoms with van der Waals surface area (Å²) in [5.41, 5.74) is 1.89. The molecule has 156 valence electrons. The molecule has 0 unspecified atom stereocenters. The summed E-state index contributed by atoms with van der Waals surface area (Å²) in [7, 11) is 1.81. The van der Waals surface area contributed by atoms with Gasteiger partial charge in [0.2, 0.25) is 11.9 Å². The molecule has 4 aromatic heterocycles. The van der Waals surface area contributed by atoms with E-state index in [1.807, 2.05) is 13.1 Å². The fourth-order valence-corrected chi connectivity index (χ4v) is 3.00. The fourth-order valence-electron chi connectivity index (χ4n) is 2.82. The predicted molar refractivity (Wildman–Crippen MR) is 116 cm³/mol. The lowest BCUT2D eigenvalue weighted by Crippen LogP contribution is -2.39. The molecule has 0 atom stereocenters. The number of anilines is 3. The average Bonchev–Trinajstić information content (AvgIpc) is 3.18. The van der Waals surface area contributed by atoms with Crippen molar-refractivity contribution in [3.63, 3.8) is 0 Å². The van der Waals surface area contributed by atoms with Crippen molar-refractivity contribution in [1.29, 1.82) is 0 Å². The molecule has 0 aliphatic rings. The summed E-state index contributed by atoms with van der Waals surface area (Å²) in [6, 6.07) is 12.1. The Morgan fingerprint density at radius 1 is 1.13 bits per heavy atom. The van der Waals surface area contributed by atoms with Crippen LogP contribution >= 0.6 is 11.6 Å². The first-order chi connectivity index (χ1) is 15.0. The van der Waals surface area contributed by atoms with Crippen LogP contribution in [0.5, 0.6) is 0 Å². The van der Waals surface area contributed by atoms with E-state index in [2.05, 4.69) is 30.4 Å². The number of halogens is 1. The average molecular weight is 436 g/mol. The van der Waals surface area contributed by atoms with Crippen LogP contribution in [-0.2, 0) is 18.3 Å². The molecule has 4 heterocycles. The van der Waals surface area contributed by atoms with Crippen LogP contribution in [0.25, 0.3) is 11.3 Å². The molecule has 3 N–H and O–H groups in total. The zero-order valence-corrected chi connectivity index (χ0v) is 17.2. The van der Waals surface area contributed by atoms with Crippen molar-refractivity contribution in [1.82, 2.24) is 29.7 Å². The molecule has 0 aliphatic heterocycles. The predicted octanol–water partition coefficient (Wildman–Crippen LogP) is 2.51. The van der Waals surface area contributed by atoms with Gasteiger partial charge in [-0.25, -0.2) is 30.8 Å². The van der Waals surface area contributed by atoms with Crippen LogP contribution < -0.4 is 16.2 Å². The number of nitrogens with one attached hydrogen (secondary N) is 1. The highest BCUT2D eigenvalue weighted by atomic mass is 35.5. The molecule has 1 amide bonds. The summed E-state index contributed by atoms with van der Waals surface area (Å²) < 4.78 is 1.67. The second-order valence-corrected chi connectivity index (χ2v) is 6.91. The van der Waals surface area contributed by atoms with Crippen LogP contribution in [0.15, 0.2) is 61.1 Å². The molecule has 4 rings (SSSR count). The number of aryl methyl sites for hydroxylation is 1. The number of hydrazine groups is 1. The SMILES string of the molecule is Cn1nccc1Nc1nccc(-c2ccnc(N(N)C(=O)Cc3cccc(Cl)n3)c2)n1. The lowest BCUT2D eigenvalue weighted by molar-refractivity contribution is -0.118. The van der Waals surface area contributed by atoms with Gasteiger partial charge in [-0.2, -0.15) is 5.10 Å². The number of nitrogens with zero attached hydrogens (tertiary/aromatic N) is 7. The summed E-state index contributed by atoms with van der Waals surface area (Å²) in [6.07, 6.45) is 4.87. The molecular formula is C20H18ClN9O. The van der Waals surface area contributed by atoms with E-state index < -0.39 is 0 Å². The molecule has 0 spiro atoms. The zero-order valence-electron chi connectivity index (χ0n) is 16.5. The number of hydrogen-bond acceptors (Lipinski definition) is 8. The number of rotatable bonds is 6. The maximum Gasteiger partial charge on any atom is 0.248 e. The van der Waals surface area contributed by atoms with Crippen LogP contribution in [0.4, 0.5) is 17.6 Å². The first-order valence-corrected chi connectivity index (χ1v) is 9.61. The standard InChI is InChI=1S/C20H18ClN9O/c1-29-17(7-10-25-29)28-20-24-9-6-15(27-20)13-5-8-23-18(11-13)30(22)19(31)12-14-3-2-4-16(21)26-14/h2-11H,12,22H2,1H3,(H,24,27,28). The molecule has 0 aliphatic carbocycles. The fraction of sp³-hybridized carbons (Fsp3) is 0.100. The Hall–Kier alpha value is -3.89. The third kappa shape index (κ3) is 4.82. The number of hydrogen-bond donors (Lipinski definition) is 2. The third-order valence-corrected chi connectivity index (χ3v) is 4.59. The minimum atomic E-state index is -0.374. The second kappa shape index (κ2) is 8.86. The highest BCUT2D eigenvalue weighted by Gasteiger charge is 2.16. The summed E-state index contributed by atoms with van der Waals surface area (Å²) in [6.45, 7) is 0. The van der Waals surface area contributed by atoms with Gasteiger partial charge in [0.25, 0.3) is 0 Å². The highest BCUT2D eigenvalue weighted by molar-refractivity contribution is 6.29. The smallest absolute Gasteiger partial charge is 0.248 e. The van der Waals surface area contributed by atoms with Gasteiger partial charge in [-0.1, -0.05) is 17.7 Å². The first kappa shape index (κ1) is 20.4. The lowest BCUT2D eigenvalue weighted by atomic mass is 10.2. The van der Waals surface area contributed by atoms with Gasteiger partial charge in [0.05, 0.1) is 24.0 Å². The van der Waals surface area contributed by atoms with E-state index in [1.165, 1.54) is 0 Å². The maximum absolute atomic E-state index is 12.6. The molecular weight excluding hydrogens is 418 g/mol. The number of carbonyl (C=O) groups is 1. The second-order valence-electron chi connectivity index (χ2n) is 6.53. The van der Waals surface area contributed by atoms with Gasteiger partial charge >= 0.3 is 0 Å². The van der Waals surface area contributed by atoms with Gasteiger partial charge in [0.15, 0.2) is 0 Å². The van der Waals surface area contributed by atoms with Crippen molar-refractivity contribution in [3.8, 4) is 11.3 Å². The largest absolute Gasteiger partial charge is 0.309 e. The van der Waals surface area contributed by atoms with Crippen LogP contribution in [0.3, 0.4) is 0 Å². The first-order valence-electron chi connectivity index (χ1n) is 9.23. The molecule has 0 fully saturated rings.